The van der Waals surface area contributed by atoms with Crippen molar-refractivity contribution in [1.29, 1.82) is 0 Å². The predicted octanol–water partition coefficient (Wildman–Crippen LogP) is 3.14. The lowest BCUT2D eigenvalue weighted by atomic mass is 10.0. The molecule has 0 unspecified atom stereocenters. The summed E-state index contributed by atoms with van der Waals surface area (Å²) in [4.78, 5) is 2.52. The van der Waals surface area contributed by atoms with Crippen molar-refractivity contribution in [3.8, 4) is 0 Å². The van der Waals surface area contributed by atoms with Crippen LogP contribution >= 0.6 is 12.2 Å². The van der Waals surface area contributed by atoms with Crippen LogP contribution in [0.25, 0.3) is 0 Å². The molecule has 0 radical (unpaired) electrons. The first kappa shape index (κ1) is 13.3. The molecule has 2 aliphatic rings. The average molecular weight is 280 g/mol. The molecule has 19 heavy (non-hydrogen) atoms. The Labute approximate surface area is 120 Å². The van der Waals surface area contributed by atoms with E-state index in [1.54, 1.807) is 0 Å². The van der Waals surface area contributed by atoms with Gasteiger partial charge in [-0.15, -0.1) is 0 Å². The van der Waals surface area contributed by atoms with Gasteiger partial charge in [0.1, 0.15) is 5.82 Å². The van der Waals surface area contributed by atoms with E-state index < -0.39 is 0 Å². The molecule has 1 aliphatic heterocycles. The lowest BCUT2D eigenvalue weighted by Crippen LogP contribution is -2.39. The van der Waals surface area contributed by atoms with Gasteiger partial charge >= 0.3 is 0 Å². The molecule has 4 nitrogen and oxygen atoms in total. The Balaban J connectivity index is 1.82. The third-order valence-corrected chi connectivity index (χ3v) is 4.90. The third kappa shape index (κ3) is 2.63. The summed E-state index contributed by atoms with van der Waals surface area (Å²) in [5, 5.41) is 4.80. The topological polar surface area (TPSA) is 26.0 Å². The highest BCUT2D eigenvalue weighted by Crippen LogP contribution is 2.39. The number of rotatable bonds is 4. The van der Waals surface area contributed by atoms with Gasteiger partial charge in [-0.1, -0.05) is 6.42 Å². The van der Waals surface area contributed by atoms with E-state index >= 15 is 0 Å². The number of likely N-dealkylation sites (tertiary alicyclic amines) is 1. The fourth-order valence-corrected chi connectivity index (χ4v) is 3.35. The number of piperidine rings is 1. The van der Waals surface area contributed by atoms with Crippen LogP contribution in [0.4, 0.5) is 0 Å². The maximum Gasteiger partial charge on any atom is 0.199 e. The van der Waals surface area contributed by atoms with Crippen LogP contribution in [0.2, 0.25) is 0 Å². The molecule has 106 valence electrons. The molecule has 3 rings (SSSR count). The van der Waals surface area contributed by atoms with E-state index in [4.69, 9.17) is 17.3 Å². The van der Waals surface area contributed by atoms with Crippen molar-refractivity contribution in [3.63, 3.8) is 0 Å². The predicted molar refractivity (Wildman–Crippen MR) is 78.7 cm³/mol. The van der Waals surface area contributed by atoms with Gasteiger partial charge in [0.25, 0.3) is 0 Å². The van der Waals surface area contributed by atoms with Crippen LogP contribution in [0, 0.1) is 4.77 Å². The summed E-state index contributed by atoms with van der Waals surface area (Å²) in [5.74, 6) is 1.89. The summed E-state index contributed by atoms with van der Waals surface area (Å²) < 4.78 is 5.18. The molecule has 2 heterocycles. The van der Waals surface area contributed by atoms with Crippen LogP contribution < -0.4 is 0 Å². The average Bonchev–Trinajstić information content (AvgIpc) is 3.19. The minimum atomic E-state index is 0.659. The van der Waals surface area contributed by atoms with Crippen molar-refractivity contribution >= 4 is 12.2 Å². The quantitative estimate of drug-likeness (QED) is 0.793. The van der Waals surface area contributed by atoms with Crippen LogP contribution in [0.15, 0.2) is 0 Å². The van der Waals surface area contributed by atoms with Crippen LogP contribution in [0.5, 0.6) is 0 Å². The van der Waals surface area contributed by atoms with E-state index in [0.29, 0.717) is 12.0 Å². The molecule has 2 fully saturated rings. The normalized spacial score (nSPS) is 24.8. The van der Waals surface area contributed by atoms with Gasteiger partial charge in [-0.25, -0.2) is 4.68 Å². The Morgan fingerprint density at radius 1 is 1.26 bits per heavy atom. The summed E-state index contributed by atoms with van der Waals surface area (Å²) in [6.07, 6.45) is 6.54. The van der Waals surface area contributed by atoms with E-state index in [1.165, 1.54) is 44.5 Å². The largest absolute Gasteiger partial charge is 0.304 e. The molecule has 1 aromatic heterocycles. The number of hydrogen-bond donors (Lipinski definition) is 0. The summed E-state index contributed by atoms with van der Waals surface area (Å²) in [7, 11) is 0. The van der Waals surface area contributed by atoms with Crippen LogP contribution in [-0.2, 0) is 13.2 Å². The summed E-state index contributed by atoms with van der Waals surface area (Å²) >= 11 is 5.60. The van der Waals surface area contributed by atoms with E-state index in [9.17, 15) is 0 Å². The van der Waals surface area contributed by atoms with Gasteiger partial charge in [0.2, 0.25) is 0 Å². The molecule has 5 heteroatoms. The molecule has 1 aliphatic carbocycles. The van der Waals surface area contributed by atoms with Crippen molar-refractivity contribution in [2.24, 2.45) is 0 Å². The fourth-order valence-electron chi connectivity index (χ4n) is 3.03. The van der Waals surface area contributed by atoms with Crippen LogP contribution in [-0.4, -0.2) is 31.8 Å². The Morgan fingerprint density at radius 2 is 2.05 bits per heavy atom. The molecule has 1 saturated heterocycles. The van der Waals surface area contributed by atoms with Crippen LogP contribution in [0.3, 0.4) is 0 Å². The summed E-state index contributed by atoms with van der Waals surface area (Å²) in [6.45, 7) is 7.48. The first-order chi connectivity index (χ1) is 9.20. The smallest absolute Gasteiger partial charge is 0.199 e. The maximum atomic E-state index is 5.60. The first-order valence-electron chi connectivity index (χ1n) is 7.62. The van der Waals surface area contributed by atoms with Gasteiger partial charge in [0.15, 0.2) is 4.77 Å². The van der Waals surface area contributed by atoms with E-state index in [2.05, 4.69) is 23.3 Å². The summed E-state index contributed by atoms with van der Waals surface area (Å²) in [5.41, 5.74) is 0. The molecule has 0 N–H and O–H groups in total. The summed E-state index contributed by atoms with van der Waals surface area (Å²) in [6, 6.07) is 0.659. The van der Waals surface area contributed by atoms with Gasteiger partial charge < -0.3 is 4.57 Å². The molecule has 1 aromatic rings. The zero-order chi connectivity index (χ0) is 13.4. The van der Waals surface area contributed by atoms with Gasteiger partial charge in [-0.3, -0.25) is 4.90 Å². The number of hydrogen-bond acceptors (Lipinski definition) is 3. The van der Waals surface area contributed by atoms with Gasteiger partial charge in [-0.05, 0) is 51.7 Å². The van der Waals surface area contributed by atoms with Crippen LogP contribution in [0.1, 0.15) is 57.7 Å². The lowest BCUT2D eigenvalue weighted by Gasteiger charge is -2.32. The standard InChI is InChI=1S/C14H24N4S/c1-3-17-13(12-7-8-12)15-18(14(17)19)10-16-9-5-4-6-11(16)2/h11-12H,3-10H2,1-2H3/t11-/m0/s1. The van der Waals surface area contributed by atoms with Crippen molar-refractivity contribution in [1.82, 2.24) is 19.2 Å². The van der Waals surface area contributed by atoms with Crippen molar-refractivity contribution < 1.29 is 0 Å². The highest BCUT2D eigenvalue weighted by atomic mass is 32.1. The molecule has 0 bridgehead atoms. The second-order valence-corrected chi connectivity index (χ2v) is 6.32. The molecular formula is C14H24N4S. The van der Waals surface area contributed by atoms with Crippen molar-refractivity contribution in [2.45, 2.75) is 71.1 Å². The lowest BCUT2D eigenvalue weighted by molar-refractivity contribution is 0.114. The second-order valence-electron chi connectivity index (χ2n) is 5.96. The minimum absolute atomic E-state index is 0.659. The van der Waals surface area contributed by atoms with Gasteiger partial charge in [0, 0.05) is 25.0 Å². The van der Waals surface area contributed by atoms with E-state index in [1.807, 2.05) is 4.68 Å². The Hall–Kier alpha value is -0.680. The zero-order valence-corrected chi connectivity index (χ0v) is 12.8. The molecule has 1 atom stereocenters. The number of nitrogens with zero attached hydrogens (tertiary/aromatic N) is 4. The molecule has 0 aromatic carbocycles. The third-order valence-electron chi connectivity index (χ3n) is 4.47. The molecule has 0 amide bonds. The minimum Gasteiger partial charge on any atom is -0.304 e. The Morgan fingerprint density at radius 3 is 2.68 bits per heavy atom. The van der Waals surface area contributed by atoms with Crippen molar-refractivity contribution in [3.05, 3.63) is 10.6 Å². The zero-order valence-electron chi connectivity index (χ0n) is 12.0. The van der Waals surface area contributed by atoms with E-state index in [-0.39, 0.29) is 0 Å². The van der Waals surface area contributed by atoms with Gasteiger partial charge in [0.05, 0.1) is 6.67 Å². The maximum absolute atomic E-state index is 5.60. The number of aromatic nitrogens is 3. The highest BCUT2D eigenvalue weighted by Gasteiger charge is 2.30. The SMILES string of the molecule is CCn1c(C2CC2)nn(CN2CCCC[C@@H]2C)c1=S. The van der Waals surface area contributed by atoms with Crippen molar-refractivity contribution in [2.75, 3.05) is 6.54 Å². The first-order valence-corrected chi connectivity index (χ1v) is 8.03. The van der Waals surface area contributed by atoms with E-state index in [0.717, 1.165) is 18.0 Å². The monoisotopic (exact) mass is 280 g/mol. The molecule has 0 spiro atoms. The Bertz CT molecular complexity index is 500. The highest BCUT2D eigenvalue weighted by molar-refractivity contribution is 7.71. The molecular weight excluding hydrogens is 256 g/mol. The second kappa shape index (κ2) is 5.37. The Kier molecular flexibility index (Phi) is 3.76. The van der Waals surface area contributed by atoms with Gasteiger partial charge in [-0.2, -0.15) is 5.10 Å². The molecule has 1 saturated carbocycles. The fraction of sp³-hybridized carbons (Fsp3) is 0.857.